The van der Waals surface area contributed by atoms with Gasteiger partial charge in [-0.3, -0.25) is 14.5 Å². The van der Waals surface area contributed by atoms with Gasteiger partial charge < -0.3 is 5.11 Å². The molecule has 6 heteroatoms. The highest BCUT2D eigenvalue weighted by Crippen LogP contribution is 2.35. The van der Waals surface area contributed by atoms with Crippen LogP contribution in [0, 0.1) is 17.8 Å². The van der Waals surface area contributed by atoms with Crippen LogP contribution in [0.5, 0.6) is 0 Å². The van der Waals surface area contributed by atoms with Crippen molar-refractivity contribution in [1.29, 1.82) is 0 Å². The minimum Gasteiger partial charge on any atom is -0.376 e. The molecule has 0 radical (unpaired) electrons. The summed E-state index contributed by atoms with van der Waals surface area (Å²) in [6.45, 7) is 2.68. The van der Waals surface area contributed by atoms with E-state index in [4.69, 9.17) is 4.84 Å². The molecule has 0 spiro atoms. The SMILES string of the molecule is CON(C=O)c1cnc(C#CC2(O)CN3CCC2CC3)c(Cc2ccccc2)c1. The molecule has 1 amide bonds. The smallest absolute Gasteiger partial charge is 0.238 e. The number of hydrogen-bond acceptors (Lipinski definition) is 5. The number of amides is 1. The van der Waals surface area contributed by atoms with Crippen molar-refractivity contribution in [3.05, 3.63) is 59.4 Å². The summed E-state index contributed by atoms with van der Waals surface area (Å²) in [5, 5.41) is 12.2. The average Bonchev–Trinajstić information content (AvgIpc) is 2.75. The number of carbonyl (C=O) groups excluding carboxylic acids is 1. The maximum atomic E-state index is 11.2. The van der Waals surface area contributed by atoms with Crippen molar-refractivity contribution in [1.82, 2.24) is 9.88 Å². The minimum atomic E-state index is -0.984. The third-order valence-electron chi connectivity index (χ3n) is 5.86. The largest absolute Gasteiger partial charge is 0.376 e. The van der Waals surface area contributed by atoms with Gasteiger partial charge in [0.15, 0.2) is 0 Å². The Balaban J connectivity index is 1.68. The Kier molecular flexibility index (Phi) is 5.63. The monoisotopic (exact) mass is 391 g/mol. The van der Waals surface area contributed by atoms with Crippen molar-refractivity contribution in [2.24, 2.45) is 5.92 Å². The molecule has 29 heavy (non-hydrogen) atoms. The summed E-state index contributed by atoms with van der Waals surface area (Å²) in [5.74, 6) is 6.50. The van der Waals surface area contributed by atoms with E-state index in [1.165, 1.54) is 7.11 Å². The Labute approximate surface area is 171 Å². The fourth-order valence-electron chi connectivity index (χ4n) is 4.24. The first-order valence-corrected chi connectivity index (χ1v) is 9.90. The second-order valence-electron chi connectivity index (χ2n) is 7.70. The van der Waals surface area contributed by atoms with Crippen LogP contribution in [0.15, 0.2) is 42.6 Å². The summed E-state index contributed by atoms with van der Waals surface area (Å²) in [5.41, 5.74) is 2.17. The number of anilines is 1. The van der Waals surface area contributed by atoms with Crippen LogP contribution in [0.4, 0.5) is 5.69 Å². The molecule has 5 rings (SSSR count). The molecule has 3 aliphatic heterocycles. The lowest BCUT2D eigenvalue weighted by molar-refractivity contribution is -0.112. The molecule has 1 aromatic carbocycles. The molecule has 2 bridgehead atoms. The number of rotatable bonds is 5. The molecule has 1 aromatic heterocycles. The van der Waals surface area contributed by atoms with Crippen molar-refractivity contribution in [3.8, 4) is 11.8 Å². The van der Waals surface area contributed by atoms with E-state index >= 15 is 0 Å². The highest BCUT2D eigenvalue weighted by atomic mass is 16.7. The number of fused-ring (bicyclic) bond motifs is 3. The van der Waals surface area contributed by atoms with Crippen molar-refractivity contribution in [2.45, 2.75) is 24.9 Å². The zero-order valence-corrected chi connectivity index (χ0v) is 16.5. The van der Waals surface area contributed by atoms with E-state index in [0.29, 0.717) is 30.8 Å². The quantitative estimate of drug-likeness (QED) is 0.480. The van der Waals surface area contributed by atoms with E-state index in [-0.39, 0.29) is 5.92 Å². The molecule has 1 unspecified atom stereocenters. The number of hydrogen-bond donors (Lipinski definition) is 1. The first kappa shape index (κ1) is 19.6. The molecule has 6 nitrogen and oxygen atoms in total. The highest BCUT2D eigenvalue weighted by Gasteiger charge is 2.44. The lowest BCUT2D eigenvalue weighted by atomic mass is 9.76. The van der Waals surface area contributed by atoms with Gasteiger partial charge in [-0.1, -0.05) is 36.3 Å². The zero-order valence-electron chi connectivity index (χ0n) is 16.5. The molecule has 1 atom stereocenters. The number of hydroxylamine groups is 1. The number of aromatic nitrogens is 1. The second kappa shape index (κ2) is 8.34. The summed E-state index contributed by atoms with van der Waals surface area (Å²) in [4.78, 5) is 23.1. The zero-order chi connectivity index (χ0) is 20.3. The fraction of sp³-hybridized carbons (Fsp3) is 0.391. The highest BCUT2D eigenvalue weighted by molar-refractivity contribution is 5.72. The molecular formula is C23H25N3O3. The van der Waals surface area contributed by atoms with E-state index in [1.807, 2.05) is 36.4 Å². The minimum absolute atomic E-state index is 0.218. The Morgan fingerprint density at radius 3 is 2.72 bits per heavy atom. The normalized spacial score (nSPS) is 25.2. The molecule has 1 N–H and O–H groups in total. The molecule has 150 valence electrons. The van der Waals surface area contributed by atoms with Gasteiger partial charge in [0, 0.05) is 18.9 Å². The molecule has 0 aliphatic carbocycles. The standard InChI is InChI=1S/C23H25N3O3/c1-29-26(17-27)21-14-19(13-18-5-3-2-4-6-18)22(24-15-21)7-10-23(28)16-25-11-8-20(23)9-12-25/h2-6,14-15,17,20,28H,8-9,11-13,16H2,1H3. The van der Waals surface area contributed by atoms with Crippen LogP contribution in [0.2, 0.25) is 0 Å². The Bertz CT molecular complexity index is 929. The summed E-state index contributed by atoms with van der Waals surface area (Å²) < 4.78 is 0. The van der Waals surface area contributed by atoms with Gasteiger partial charge in [0.25, 0.3) is 0 Å². The van der Waals surface area contributed by atoms with Gasteiger partial charge in [-0.2, -0.15) is 5.06 Å². The predicted molar refractivity (Wildman–Crippen MR) is 110 cm³/mol. The number of benzene rings is 1. The first-order chi connectivity index (χ1) is 14.1. The molecule has 3 aliphatic rings. The van der Waals surface area contributed by atoms with Crippen LogP contribution >= 0.6 is 0 Å². The molecule has 3 fully saturated rings. The number of carbonyl (C=O) groups is 1. The maximum Gasteiger partial charge on any atom is 0.238 e. The van der Waals surface area contributed by atoms with Crippen molar-refractivity contribution >= 4 is 12.1 Å². The van der Waals surface area contributed by atoms with E-state index in [9.17, 15) is 9.90 Å². The van der Waals surface area contributed by atoms with Gasteiger partial charge in [-0.15, -0.1) is 0 Å². The van der Waals surface area contributed by atoms with E-state index in [0.717, 1.165) is 42.1 Å². The van der Waals surface area contributed by atoms with Crippen LogP contribution in [0.1, 0.15) is 29.7 Å². The first-order valence-electron chi connectivity index (χ1n) is 9.90. The number of pyridine rings is 1. The third kappa shape index (κ3) is 4.18. The van der Waals surface area contributed by atoms with Gasteiger partial charge in [0.1, 0.15) is 11.3 Å². The number of aliphatic hydroxyl groups is 1. The Morgan fingerprint density at radius 1 is 1.34 bits per heavy atom. The third-order valence-corrected chi connectivity index (χ3v) is 5.86. The lowest BCUT2D eigenvalue weighted by Crippen LogP contribution is -2.58. The summed E-state index contributed by atoms with van der Waals surface area (Å²) in [7, 11) is 1.43. The van der Waals surface area contributed by atoms with Crippen LogP contribution < -0.4 is 5.06 Å². The van der Waals surface area contributed by atoms with Crippen LogP contribution in [-0.4, -0.2) is 53.7 Å². The number of piperidine rings is 3. The number of nitrogens with zero attached hydrogens (tertiary/aromatic N) is 3. The van der Waals surface area contributed by atoms with Crippen molar-refractivity contribution < 1.29 is 14.7 Å². The van der Waals surface area contributed by atoms with Gasteiger partial charge >= 0.3 is 0 Å². The van der Waals surface area contributed by atoms with Crippen LogP contribution in [0.3, 0.4) is 0 Å². The summed E-state index contributed by atoms with van der Waals surface area (Å²) in [6.07, 6.45) is 4.75. The van der Waals surface area contributed by atoms with Crippen molar-refractivity contribution in [2.75, 3.05) is 31.8 Å². The molecule has 3 saturated heterocycles. The van der Waals surface area contributed by atoms with Gasteiger partial charge in [-0.05, 0) is 49.0 Å². The second-order valence-corrected chi connectivity index (χ2v) is 7.70. The lowest BCUT2D eigenvalue weighted by Gasteiger charge is -2.47. The Morgan fingerprint density at radius 2 is 2.10 bits per heavy atom. The Hall–Kier alpha value is -2.72. The van der Waals surface area contributed by atoms with E-state index < -0.39 is 5.60 Å². The molecule has 4 heterocycles. The van der Waals surface area contributed by atoms with Gasteiger partial charge in [-0.25, -0.2) is 4.98 Å². The van der Waals surface area contributed by atoms with Crippen LogP contribution in [-0.2, 0) is 16.1 Å². The van der Waals surface area contributed by atoms with E-state index in [2.05, 4.69) is 21.7 Å². The van der Waals surface area contributed by atoms with Gasteiger partial charge in [0.05, 0.1) is 19.0 Å². The average molecular weight is 391 g/mol. The molecular weight excluding hydrogens is 366 g/mol. The van der Waals surface area contributed by atoms with Gasteiger partial charge in [0.2, 0.25) is 6.41 Å². The molecule has 2 aromatic rings. The van der Waals surface area contributed by atoms with Crippen molar-refractivity contribution in [3.63, 3.8) is 0 Å². The van der Waals surface area contributed by atoms with Crippen LogP contribution in [0.25, 0.3) is 0 Å². The van der Waals surface area contributed by atoms with E-state index in [1.54, 1.807) is 6.20 Å². The maximum absolute atomic E-state index is 11.2. The topological polar surface area (TPSA) is 65.9 Å². The molecule has 0 saturated carbocycles. The fourth-order valence-corrected chi connectivity index (χ4v) is 4.24. The predicted octanol–water partition coefficient (Wildman–Crippen LogP) is 2.00. The summed E-state index contributed by atoms with van der Waals surface area (Å²) >= 11 is 0. The summed E-state index contributed by atoms with van der Waals surface area (Å²) in [6, 6.07) is 11.9.